The fourth-order valence-corrected chi connectivity index (χ4v) is 4.47. The van der Waals surface area contributed by atoms with Gasteiger partial charge in [0.05, 0.1) is 16.7 Å². The fraction of sp³-hybridized carbons (Fsp3) is 0.174. The summed E-state index contributed by atoms with van der Waals surface area (Å²) >= 11 is 6.28. The van der Waals surface area contributed by atoms with E-state index >= 15 is 0 Å². The highest BCUT2D eigenvalue weighted by molar-refractivity contribution is 6.30. The van der Waals surface area contributed by atoms with Crippen molar-refractivity contribution in [3.8, 4) is 17.2 Å². The van der Waals surface area contributed by atoms with Crippen molar-refractivity contribution in [2.75, 3.05) is 6.79 Å². The highest BCUT2D eigenvalue weighted by Gasteiger charge is 2.41. The van der Waals surface area contributed by atoms with Gasteiger partial charge in [0, 0.05) is 40.3 Å². The van der Waals surface area contributed by atoms with Crippen LogP contribution in [0.25, 0.3) is 0 Å². The van der Waals surface area contributed by atoms with Crippen LogP contribution in [0.1, 0.15) is 35.4 Å². The quantitative estimate of drug-likeness (QED) is 0.402. The van der Waals surface area contributed by atoms with Crippen LogP contribution in [0.3, 0.4) is 0 Å². The van der Waals surface area contributed by atoms with E-state index in [0.717, 1.165) is 28.2 Å². The van der Waals surface area contributed by atoms with Crippen molar-refractivity contribution >= 4 is 23.0 Å². The Kier molecular flexibility index (Phi) is 4.22. The van der Waals surface area contributed by atoms with Gasteiger partial charge in [-0.3, -0.25) is 10.1 Å². The van der Waals surface area contributed by atoms with Crippen LogP contribution < -0.4 is 14.2 Å². The Hall–Kier alpha value is -3.78. The zero-order chi connectivity index (χ0) is 21.8. The van der Waals surface area contributed by atoms with E-state index in [0.29, 0.717) is 22.9 Å². The summed E-state index contributed by atoms with van der Waals surface area (Å²) in [6.45, 7) is 0.210. The molecule has 160 valence electrons. The van der Waals surface area contributed by atoms with Gasteiger partial charge in [-0.1, -0.05) is 11.6 Å². The molecule has 6 rings (SSSR count). The molecule has 0 saturated carbocycles. The first-order valence-corrected chi connectivity index (χ1v) is 10.4. The molecule has 0 N–H and O–H groups in total. The predicted octanol–water partition coefficient (Wildman–Crippen LogP) is 5.22. The molecule has 0 aliphatic carbocycles. The molecular formula is C23H16ClN3O5. The number of benzene rings is 3. The van der Waals surface area contributed by atoms with E-state index in [1.807, 2.05) is 35.3 Å². The molecule has 3 aromatic carbocycles. The van der Waals surface area contributed by atoms with Crippen molar-refractivity contribution in [3.05, 3.63) is 92.5 Å². The van der Waals surface area contributed by atoms with Crippen LogP contribution in [0.2, 0.25) is 5.02 Å². The molecule has 3 aliphatic heterocycles. The minimum absolute atomic E-state index is 0.0271. The lowest BCUT2D eigenvalue weighted by Crippen LogP contribution is -2.33. The second-order valence-corrected chi connectivity index (χ2v) is 8.15. The summed E-state index contributed by atoms with van der Waals surface area (Å²) < 4.78 is 17.2. The number of rotatable bonds is 3. The fourth-order valence-electron chi connectivity index (χ4n) is 4.29. The molecule has 2 atom stereocenters. The van der Waals surface area contributed by atoms with E-state index in [1.54, 1.807) is 18.2 Å². The number of halogens is 1. The Morgan fingerprint density at radius 3 is 2.59 bits per heavy atom. The van der Waals surface area contributed by atoms with Gasteiger partial charge in [0.1, 0.15) is 5.75 Å². The third kappa shape index (κ3) is 3.03. The van der Waals surface area contributed by atoms with Crippen molar-refractivity contribution in [3.63, 3.8) is 0 Å². The van der Waals surface area contributed by atoms with Crippen molar-refractivity contribution in [1.29, 1.82) is 0 Å². The van der Waals surface area contributed by atoms with E-state index in [4.69, 9.17) is 30.9 Å². The molecule has 0 spiro atoms. The molecule has 3 heterocycles. The molecule has 0 unspecified atom stereocenters. The predicted molar refractivity (Wildman–Crippen MR) is 116 cm³/mol. The number of fused-ring (bicyclic) bond motifs is 4. The van der Waals surface area contributed by atoms with Gasteiger partial charge in [-0.05, 0) is 48.5 Å². The first kappa shape index (κ1) is 18.9. The normalized spacial score (nSPS) is 20.3. The van der Waals surface area contributed by atoms with Crippen LogP contribution in [0.15, 0.2) is 65.8 Å². The van der Waals surface area contributed by atoms with Gasteiger partial charge < -0.3 is 14.2 Å². The topological polar surface area (TPSA) is 86.4 Å². The molecule has 0 saturated heterocycles. The highest BCUT2D eigenvalue weighted by Crippen LogP contribution is 2.48. The van der Waals surface area contributed by atoms with Gasteiger partial charge in [-0.2, -0.15) is 5.10 Å². The van der Waals surface area contributed by atoms with Gasteiger partial charge in [0.25, 0.3) is 5.69 Å². The van der Waals surface area contributed by atoms with Crippen LogP contribution in [0, 0.1) is 10.1 Å². The second-order valence-electron chi connectivity index (χ2n) is 7.72. The molecule has 3 aromatic rings. The molecule has 3 aliphatic rings. The third-order valence-corrected chi connectivity index (χ3v) is 6.08. The first-order valence-electron chi connectivity index (χ1n) is 10.0. The van der Waals surface area contributed by atoms with Crippen molar-refractivity contribution in [1.82, 2.24) is 5.01 Å². The Morgan fingerprint density at radius 2 is 1.78 bits per heavy atom. The zero-order valence-electron chi connectivity index (χ0n) is 16.6. The number of ether oxygens (including phenoxy) is 3. The number of hydrogen-bond donors (Lipinski definition) is 0. The van der Waals surface area contributed by atoms with Gasteiger partial charge in [-0.25, -0.2) is 5.01 Å². The Balaban J connectivity index is 1.42. The average molecular weight is 450 g/mol. The maximum absolute atomic E-state index is 11.1. The number of nitro benzene ring substituents is 1. The number of hydrazone groups is 1. The largest absolute Gasteiger partial charge is 0.464 e. The Labute approximate surface area is 187 Å². The van der Waals surface area contributed by atoms with Crippen LogP contribution in [-0.4, -0.2) is 22.4 Å². The van der Waals surface area contributed by atoms with E-state index in [-0.39, 0.29) is 18.5 Å². The summed E-state index contributed by atoms with van der Waals surface area (Å²) in [5.74, 6) is 2.14. The standard InChI is InChI=1S/C23H16ClN3O5/c24-15-4-8-20-17(10-15)19-11-18(14-3-7-21-22(9-14)31-12-30-21)25-26(19)23(32-20)13-1-5-16(6-2-13)27(28)29/h1-10,19,23H,11-12H2/t19-,23-/m1/s1. The minimum Gasteiger partial charge on any atom is -0.464 e. The average Bonchev–Trinajstić information content (AvgIpc) is 3.45. The lowest BCUT2D eigenvalue weighted by atomic mass is 9.95. The molecular weight excluding hydrogens is 434 g/mol. The summed E-state index contributed by atoms with van der Waals surface area (Å²) in [6, 6.07) is 17.6. The lowest BCUT2D eigenvalue weighted by Gasteiger charge is -2.38. The second kappa shape index (κ2) is 7.13. The van der Waals surface area contributed by atoms with E-state index in [1.165, 1.54) is 12.1 Å². The number of nitro groups is 1. The monoisotopic (exact) mass is 449 g/mol. The third-order valence-electron chi connectivity index (χ3n) is 5.85. The SMILES string of the molecule is O=[N+]([O-])c1ccc([C@H]2Oc3ccc(Cl)cc3[C@H]3CC(c4ccc5c(c4)OCO5)=NN32)cc1. The minimum atomic E-state index is -0.527. The zero-order valence-corrected chi connectivity index (χ0v) is 17.4. The summed E-state index contributed by atoms with van der Waals surface area (Å²) in [5.41, 5.74) is 3.58. The van der Waals surface area contributed by atoms with Gasteiger partial charge >= 0.3 is 0 Å². The van der Waals surface area contributed by atoms with E-state index in [9.17, 15) is 10.1 Å². The van der Waals surface area contributed by atoms with Crippen LogP contribution in [0.4, 0.5) is 5.69 Å². The molecule has 0 radical (unpaired) electrons. The number of hydrogen-bond acceptors (Lipinski definition) is 7. The highest BCUT2D eigenvalue weighted by atomic mass is 35.5. The first-order chi connectivity index (χ1) is 15.6. The number of nitrogens with zero attached hydrogens (tertiary/aromatic N) is 3. The van der Waals surface area contributed by atoms with Gasteiger partial charge in [0.2, 0.25) is 13.0 Å². The van der Waals surface area contributed by atoms with Gasteiger partial charge in [0.15, 0.2) is 11.5 Å². The number of non-ortho nitro benzene ring substituents is 1. The Morgan fingerprint density at radius 1 is 1.00 bits per heavy atom. The van der Waals surface area contributed by atoms with Gasteiger partial charge in [-0.15, -0.1) is 0 Å². The van der Waals surface area contributed by atoms with E-state index in [2.05, 4.69) is 0 Å². The molecule has 0 fully saturated rings. The summed E-state index contributed by atoms with van der Waals surface area (Å²) in [6.07, 6.45) is 0.126. The summed E-state index contributed by atoms with van der Waals surface area (Å²) in [4.78, 5) is 10.6. The van der Waals surface area contributed by atoms with Crippen LogP contribution in [0.5, 0.6) is 17.2 Å². The maximum Gasteiger partial charge on any atom is 0.269 e. The Bertz CT molecular complexity index is 1280. The van der Waals surface area contributed by atoms with Crippen molar-refractivity contribution in [2.24, 2.45) is 5.10 Å². The lowest BCUT2D eigenvalue weighted by molar-refractivity contribution is -0.384. The molecule has 32 heavy (non-hydrogen) atoms. The van der Waals surface area contributed by atoms with Crippen molar-refractivity contribution in [2.45, 2.75) is 18.7 Å². The molecule has 0 bridgehead atoms. The summed E-state index contributed by atoms with van der Waals surface area (Å²) in [7, 11) is 0. The smallest absolute Gasteiger partial charge is 0.269 e. The summed E-state index contributed by atoms with van der Waals surface area (Å²) in [5, 5.41) is 18.5. The molecule has 8 nitrogen and oxygen atoms in total. The van der Waals surface area contributed by atoms with Crippen molar-refractivity contribution < 1.29 is 19.1 Å². The molecule has 0 amide bonds. The molecule has 9 heteroatoms. The van der Waals surface area contributed by atoms with E-state index < -0.39 is 11.2 Å². The van der Waals surface area contributed by atoms with Crippen LogP contribution in [-0.2, 0) is 0 Å². The van der Waals surface area contributed by atoms with Crippen LogP contribution >= 0.6 is 11.6 Å². The maximum atomic E-state index is 11.1. The molecule has 0 aromatic heterocycles.